The molecule has 0 aromatic carbocycles. The van der Waals surface area contributed by atoms with Crippen LogP contribution in [0.3, 0.4) is 0 Å². The Labute approximate surface area is 131 Å². The molecule has 122 valence electrons. The second-order valence-electron chi connectivity index (χ2n) is 5.70. The molecule has 0 unspecified atom stereocenters. The molecule has 0 bridgehead atoms. The van der Waals surface area contributed by atoms with Gasteiger partial charge in [-0.25, -0.2) is 0 Å². The molecule has 5 nitrogen and oxygen atoms in total. The van der Waals surface area contributed by atoms with E-state index in [4.69, 9.17) is 4.42 Å². The molecule has 0 aliphatic heterocycles. The van der Waals surface area contributed by atoms with Crippen molar-refractivity contribution in [1.29, 1.82) is 0 Å². The minimum atomic E-state index is -0.228. The van der Waals surface area contributed by atoms with E-state index in [9.17, 15) is 9.59 Å². The molecule has 0 spiro atoms. The van der Waals surface area contributed by atoms with E-state index in [0.29, 0.717) is 18.4 Å². The first-order valence-electron chi connectivity index (χ1n) is 7.47. The number of methoxy groups -OCH3 is 1. The number of amides is 1. The van der Waals surface area contributed by atoms with Crippen LogP contribution in [0.4, 0.5) is 0 Å². The van der Waals surface area contributed by atoms with Gasteiger partial charge in [0.25, 0.3) is 5.91 Å². The molecule has 5 heteroatoms. The number of esters is 1. The average molecular weight is 307 g/mol. The normalized spacial score (nSPS) is 13.1. The zero-order chi connectivity index (χ0) is 16.5. The SMILES string of the molecule is COC(=O)CC[C@@H](C)[C@H](CC=C(C)C)NC(=O)c1ccoc1. The summed E-state index contributed by atoms with van der Waals surface area (Å²) in [5.74, 6) is -0.231. The van der Waals surface area contributed by atoms with Gasteiger partial charge in [0.2, 0.25) is 0 Å². The van der Waals surface area contributed by atoms with E-state index in [1.807, 2.05) is 20.8 Å². The number of rotatable bonds is 8. The Morgan fingerprint density at radius 2 is 2.14 bits per heavy atom. The van der Waals surface area contributed by atoms with Crippen molar-refractivity contribution < 1.29 is 18.7 Å². The highest BCUT2D eigenvalue weighted by Gasteiger charge is 2.20. The first-order valence-corrected chi connectivity index (χ1v) is 7.47. The molecule has 0 saturated heterocycles. The van der Waals surface area contributed by atoms with Crippen LogP contribution < -0.4 is 5.32 Å². The smallest absolute Gasteiger partial charge is 0.305 e. The minimum absolute atomic E-state index is 0.0399. The summed E-state index contributed by atoms with van der Waals surface area (Å²) < 4.78 is 9.60. The maximum Gasteiger partial charge on any atom is 0.305 e. The lowest BCUT2D eigenvalue weighted by Crippen LogP contribution is -2.39. The van der Waals surface area contributed by atoms with Crippen molar-refractivity contribution in [2.24, 2.45) is 5.92 Å². The van der Waals surface area contributed by atoms with Crippen LogP contribution in [0.25, 0.3) is 0 Å². The van der Waals surface area contributed by atoms with Crippen LogP contribution in [-0.2, 0) is 9.53 Å². The fourth-order valence-corrected chi connectivity index (χ4v) is 2.09. The summed E-state index contributed by atoms with van der Waals surface area (Å²) in [6, 6.07) is 1.59. The predicted molar refractivity (Wildman–Crippen MR) is 84.4 cm³/mol. The molecule has 1 N–H and O–H groups in total. The van der Waals surface area contributed by atoms with Crippen LogP contribution in [0.1, 0.15) is 50.4 Å². The topological polar surface area (TPSA) is 68.5 Å². The van der Waals surface area contributed by atoms with Crippen molar-refractivity contribution in [2.45, 2.75) is 46.1 Å². The molecule has 0 radical (unpaired) electrons. The van der Waals surface area contributed by atoms with Gasteiger partial charge in [0.05, 0.1) is 18.9 Å². The summed E-state index contributed by atoms with van der Waals surface area (Å²) in [5, 5.41) is 3.02. The third-order valence-electron chi connectivity index (χ3n) is 3.60. The Balaban J connectivity index is 2.68. The Bertz CT molecular complexity index is 501. The van der Waals surface area contributed by atoms with Crippen LogP contribution in [0.15, 0.2) is 34.7 Å². The number of nitrogens with one attached hydrogen (secondary N) is 1. The number of allylic oxidation sites excluding steroid dienone is 1. The first-order chi connectivity index (χ1) is 10.4. The summed E-state index contributed by atoms with van der Waals surface area (Å²) >= 11 is 0. The molecular formula is C17H25NO4. The third-order valence-corrected chi connectivity index (χ3v) is 3.60. The summed E-state index contributed by atoms with van der Waals surface area (Å²) in [6.07, 6.45) is 6.74. The van der Waals surface area contributed by atoms with Crippen molar-refractivity contribution in [1.82, 2.24) is 5.32 Å². The van der Waals surface area contributed by atoms with Gasteiger partial charge in [-0.2, -0.15) is 0 Å². The Morgan fingerprint density at radius 3 is 2.68 bits per heavy atom. The second-order valence-corrected chi connectivity index (χ2v) is 5.70. The van der Waals surface area contributed by atoms with Gasteiger partial charge < -0.3 is 14.5 Å². The summed E-state index contributed by atoms with van der Waals surface area (Å²) in [4.78, 5) is 23.5. The fraction of sp³-hybridized carbons (Fsp3) is 0.529. The Hall–Kier alpha value is -2.04. The maximum atomic E-state index is 12.2. The number of hydrogen-bond donors (Lipinski definition) is 1. The van der Waals surface area contributed by atoms with E-state index in [2.05, 4.69) is 16.1 Å². The van der Waals surface area contributed by atoms with Crippen LogP contribution in [0.5, 0.6) is 0 Å². The third kappa shape index (κ3) is 6.16. The highest BCUT2D eigenvalue weighted by atomic mass is 16.5. The standard InChI is InChI=1S/C17H25NO4/c1-12(2)5-7-15(13(3)6-8-16(19)21-4)18-17(20)14-9-10-22-11-14/h5,9-11,13,15H,6-8H2,1-4H3,(H,18,20)/t13-,15+/m1/s1. The van der Waals surface area contributed by atoms with Crippen molar-refractivity contribution in [3.8, 4) is 0 Å². The van der Waals surface area contributed by atoms with Crippen LogP contribution in [0, 0.1) is 5.92 Å². The predicted octanol–water partition coefficient (Wildman–Crippen LogP) is 3.32. The molecule has 0 saturated carbocycles. The number of ether oxygens (including phenoxy) is 1. The Kier molecular flexibility index (Phi) is 7.43. The zero-order valence-corrected chi connectivity index (χ0v) is 13.7. The fourth-order valence-electron chi connectivity index (χ4n) is 2.09. The molecule has 1 aromatic rings. The van der Waals surface area contributed by atoms with Crippen LogP contribution in [0.2, 0.25) is 0 Å². The van der Waals surface area contributed by atoms with Gasteiger partial charge in [-0.05, 0) is 38.7 Å². The van der Waals surface area contributed by atoms with Crippen molar-refractivity contribution >= 4 is 11.9 Å². The molecule has 0 aliphatic carbocycles. The molecule has 1 rings (SSSR count). The second kappa shape index (κ2) is 9.07. The molecule has 2 atom stereocenters. The molecule has 1 aromatic heterocycles. The van der Waals surface area contributed by atoms with Gasteiger partial charge in [0.1, 0.15) is 6.26 Å². The van der Waals surface area contributed by atoms with E-state index in [1.165, 1.54) is 25.2 Å². The summed E-state index contributed by atoms with van der Waals surface area (Å²) in [7, 11) is 1.38. The van der Waals surface area contributed by atoms with E-state index < -0.39 is 0 Å². The van der Waals surface area contributed by atoms with E-state index in [1.54, 1.807) is 6.07 Å². The van der Waals surface area contributed by atoms with Crippen LogP contribution in [-0.4, -0.2) is 25.0 Å². The molecule has 0 aliphatic rings. The lowest BCUT2D eigenvalue weighted by Gasteiger charge is -2.24. The molecular weight excluding hydrogens is 282 g/mol. The minimum Gasteiger partial charge on any atom is -0.472 e. The van der Waals surface area contributed by atoms with Crippen molar-refractivity contribution in [2.75, 3.05) is 7.11 Å². The van der Waals surface area contributed by atoms with E-state index >= 15 is 0 Å². The van der Waals surface area contributed by atoms with Gasteiger partial charge in [0.15, 0.2) is 0 Å². The number of carbonyl (C=O) groups is 2. The molecule has 1 amide bonds. The molecule has 0 fully saturated rings. The lowest BCUT2D eigenvalue weighted by molar-refractivity contribution is -0.140. The number of carbonyl (C=O) groups excluding carboxylic acids is 2. The van der Waals surface area contributed by atoms with E-state index in [0.717, 1.165) is 6.42 Å². The van der Waals surface area contributed by atoms with Gasteiger partial charge in [0, 0.05) is 12.5 Å². The molecule has 1 heterocycles. The highest BCUT2D eigenvalue weighted by Crippen LogP contribution is 2.16. The maximum absolute atomic E-state index is 12.2. The summed E-state index contributed by atoms with van der Waals surface area (Å²) in [5.41, 5.74) is 1.70. The van der Waals surface area contributed by atoms with Crippen molar-refractivity contribution in [3.63, 3.8) is 0 Å². The average Bonchev–Trinajstić information content (AvgIpc) is 3.02. The van der Waals surface area contributed by atoms with E-state index in [-0.39, 0.29) is 23.8 Å². The first kappa shape index (κ1) is 18.0. The Morgan fingerprint density at radius 1 is 1.41 bits per heavy atom. The van der Waals surface area contributed by atoms with Gasteiger partial charge in [-0.1, -0.05) is 18.6 Å². The number of furan rings is 1. The van der Waals surface area contributed by atoms with Crippen molar-refractivity contribution in [3.05, 3.63) is 35.8 Å². The zero-order valence-electron chi connectivity index (χ0n) is 13.7. The monoisotopic (exact) mass is 307 g/mol. The van der Waals surface area contributed by atoms with Gasteiger partial charge >= 0.3 is 5.97 Å². The quantitative estimate of drug-likeness (QED) is 0.591. The highest BCUT2D eigenvalue weighted by molar-refractivity contribution is 5.93. The van der Waals surface area contributed by atoms with Gasteiger partial charge in [-0.15, -0.1) is 0 Å². The molecule has 22 heavy (non-hydrogen) atoms. The largest absolute Gasteiger partial charge is 0.472 e. The number of hydrogen-bond acceptors (Lipinski definition) is 4. The van der Waals surface area contributed by atoms with Crippen LogP contribution >= 0.6 is 0 Å². The van der Waals surface area contributed by atoms with Gasteiger partial charge in [-0.3, -0.25) is 9.59 Å². The summed E-state index contributed by atoms with van der Waals surface area (Å²) in [6.45, 7) is 6.07. The lowest BCUT2D eigenvalue weighted by atomic mass is 9.93.